The molecule has 3 aromatic carbocycles. The minimum atomic E-state index is -0.180. The predicted octanol–water partition coefficient (Wildman–Crippen LogP) is 6.77. The minimum Gasteiger partial charge on any atom is -0.494 e. The molecule has 5 nitrogen and oxygen atoms in total. The molecule has 1 atom stereocenters. The Bertz CT molecular complexity index is 1280. The molecule has 0 saturated heterocycles. The number of hydrogen-bond acceptors (Lipinski definition) is 4. The number of aryl methyl sites for hydroxylation is 1. The number of carbonyl (C=O) groups excluding carboxylic acids is 2. The Morgan fingerprint density at radius 1 is 1.11 bits per heavy atom. The van der Waals surface area contributed by atoms with Crippen LogP contribution >= 0.6 is 11.8 Å². The Hall–Kier alpha value is -3.51. The van der Waals surface area contributed by atoms with Crippen LogP contribution in [0.3, 0.4) is 0 Å². The molecule has 0 fully saturated rings. The zero-order valence-electron chi connectivity index (χ0n) is 21.2. The standard InChI is InChI=1S/C30H32N2O3S/c1-5-6-17-35-25-14-11-22(12-15-25)21(3)31-29(33)24-13-16-27-26(18-24)32(4)30(34)28(36-27)19-23-10-8-7-9-20(23)2/h7-16,18-19,21H,5-6,17H2,1-4H3,(H,31,33)/b28-19+/t21-/m0/s1. The molecular weight excluding hydrogens is 468 g/mol. The first kappa shape index (κ1) is 25.6. The highest BCUT2D eigenvalue weighted by Crippen LogP contribution is 2.42. The van der Waals surface area contributed by atoms with Gasteiger partial charge in [0.2, 0.25) is 0 Å². The van der Waals surface area contributed by atoms with Crippen molar-refractivity contribution in [3.8, 4) is 5.75 Å². The van der Waals surface area contributed by atoms with Crippen LogP contribution in [0.4, 0.5) is 5.69 Å². The van der Waals surface area contributed by atoms with Gasteiger partial charge in [-0.05, 0) is 73.4 Å². The number of ether oxygens (including phenoxy) is 1. The van der Waals surface area contributed by atoms with Crippen LogP contribution in [0.25, 0.3) is 6.08 Å². The lowest BCUT2D eigenvalue weighted by molar-refractivity contribution is -0.114. The largest absolute Gasteiger partial charge is 0.494 e. The van der Waals surface area contributed by atoms with Gasteiger partial charge in [-0.2, -0.15) is 0 Å². The van der Waals surface area contributed by atoms with E-state index in [1.807, 2.05) is 80.6 Å². The van der Waals surface area contributed by atoms with Gasteiger partial charge in [-0.25, -0.2) is 0 Å². The fourth-order valence-corrected chi connectivity index (χ4v) is 5.06. The Morgan fingerprint density at radius 2 is 1.86 bits per heavy atom. The van der Waals surface area contributed by atoms with Gasteiger partial charge in [0.05, 0.1) is 23.2 Å². The number of carbonyl (C=O) groups is 2. The number of thioether (sulfide) groups is 1. The second-order valence-corrected chi connectivity index (χ2v) is 10.1. The topological polar surface area (TPSA) is 58.6 Å². The van der Waals surface area contributed by atoms with Crippen molar-refractivity contribution in [1.29, 1.82) is 0 Å². The maximum Gasteiger partial charge on any atom is 0.264 e. The van der Waals surface area contributed by atoms with Crippen molar-refractivity contribution in [1.82, 2.24) is 5.32 Å². The Labute approximate surface area is 217 Å². The third kappa shape index (κ3) is 5.82. The van der Waals surface area contributed by atoms with Crippen molar-refractivity contribution < 1.29 is 14.3 Å². The van der Waals surface area contributed by atoms with E-state index in [9.17, 15) is 9.59 Å². The van der Waals surface area contributed by atoms with Crippen molar-refractivity contribution in [2.45, 2.75) is 44.6 Å². The summed E-state index contributed by atoms with van der Waals surface area (Å²) < 4.78 is 5.72. The average Bonchev–Trinajstić information content (AvgIpc) is 2.88. The van der Waals surface area contributed by atoms with Crippen molar-refractivity contribution in [3.05, 3.63) is 93.9 Å². The number of rotatable bonds is 8. The Balaban J connectivity index is 1.46. The second-order valence-electron chi connectivity index (χ2n) is 8.98. The van der Waals surface area contributed by atoms with Gasteiger partial charge >= 0.3 is 0 Å². The number of likely N-dealkylation sites (N-methyl/N-ethyl adjacent to an activating group) is 1. The quantitative estimate of drug-likeness (QED) is 0.274. The Kier molecular flexibility index (Phi) is 8.16. The van der Waals surface area contributed by atoms with E-state index in [-0.39, 0.29) is 17.9 Å². The van der Waals surface area contributed by atoms with E-state index in [0.29, 0.717) is 17.1 Å². The molecule has 0 spiro atoms. The number of benzene rings is 3. The van der Waals surface area contributed by atoms with E-state index in [2.05, 4.69) is 12.2 Å². The van der Waals surface area contributed by atoms with Crippen LogP contribution in [0.1, 0.15) is 59.8 Å². The van der Waals surface area contributed by atoms with Crippen molar-refractivity contribution in [3.63, 3.8) is 0 Å². The van der Waals surface area contributed by atoms with Gasteiger partial charge in [0.25, 0.3) is 11.8 Å². The first-order chi connectivity index (χ1) is 17.4. The van der Waals surface area contributed by atoms with Crippen molar-refractivity contribution in [2.75, 3.05) is 18.6 Å². The summed E-state index contributed by atoms with van der Waals surface area (Å²) in [7, 11) is 1.75. The van der Waals surface area contributed by atoms with Crippen LogP contribution in [0.2, 0.25) is 0 Å². The van der Waals surface area contributed by atoms with Crippen LogP contribution in [-0.4, -0.2) is 25.5 Å². The van der Waals surface area contributed by atoms with Crippen LogP contribution in [0.5, 0.6) is 5.75 Å². The maximum absolute atomic E-state index is 13.1. The fourth-order valence-electron chi connectivity index (χ4n) is 3.98. The predicted molar refractivity (Wildman–Crippen MR) is 148 cm³/mol. The number of nitrogens with zero attached hydrogens (tertiary/aromatic N) is 1. The number of unbranched alkanes of at least 4 members (excludes halogenated alkanes) is 1. The Morgan fingerprint density at radius 3 is 2.58 bits per heavy atom. The van der Waals surface area contributed by atoms with Crippen LogP contribution in [-0.2, 0) is 4.79 Å². The van der Waals surface area contributed by atoms with E-state index in [1.165, 1.54) is 11.8 Å². The zero-order chi connectivity index (χ0) is 25.7. The third-order valence-corrected chi connectivity index (χ3v) is 7.36. The van der Waals surface area contributed by atoms with Gasteiger partial charge in [-0.3, -0.25) is 9.59 Å². The highest BCUT2D eigenvalue weighted by atomic mass is 32.2. The van der Waals surface area contributed by atoms with Crippen molar-refractivity contribution in [2.24, 2.45) is 0 Å². The average molecular weight is 501 g/mol. The summed E-state index contributed by atoms with van der Waals surface area (Å²) in [5.74, 6) is 0.574. The van der Waals surface area contributed by atoms with E-state index in [1.54, 1.807) is 18.0 Å². The van der Waals surface area contributed by atoms with Gasteiger partial charge in [-0.15, -0.1) is 0 Å². The van der Waals surface area contributed by atoms with Crippen LogP contribution in [0.15, 0.2) is 76.5 Å². The van der Waals surface area contributed by atoms with Crippen LogP contribution in [0, 0.1) is 6.92 Å². The molecule has 1 heterocycles. The lowest BCUT2D eigenvalue weighted by atomic mass is 10.1. The lowest BCUT2D eigenvalue weighted by Crippen LogP contribution is -2.31. The summed E-state index contributed by atoms with van der Waals surface area (Å²) in [4.78, 5) is 29.3. The SMILES string of the molecule is CCCCOc1ccc([C@H](C)NC(=O)c2ccc3c(c2)N(C)C(=O)/C(=C\c2ccccc2C)S3)cc1. The molecule has 0 aliphatic carbocycles. The summed E-state index contributed by atoms with van der Waals surface area (Å²) in [5.41, 5.74) is 4.40. The van der Waals surface area contributed by atoms with Gasteiger partial charge in [0, 0.05) is 17.5 Å². The van der Waals surface area contributed by atoms with E-state index < -0.39 is 0 Å². The van der Waals surface area contributed by atoms with E-state index >= 15 is 0 Å². The van der Waals surface area contributed by atoms with Gasteiger partial charge in [-0.1, -0.05) is 61.5 Å². The summed E-state index contributed by atoms with van der Waals surface area (Å²) >= 11 is 1.44. The van der Waals surface area contributed by atoms with Gasteiger partial charge < -0.3 is 15.0 Å². The normalized spacial score (nSPS) is 14.9. The molecule has 186 valence electrons. The molecule has 0 saturated carbocycles. The summed E-state index contributed by atoms with van der Waals surface area (Å²) in [5, 5.41) is 3.06. The number of anilines is 1. The first-order valence-corrected chi connectivity index (χ1v) is 13.1. The summed E-state index contributed by atoms with van der Waals surface area (Å²) in [6.07, 6.45) is 4.06. The lowest BCUT2D eigenvalue weighted by Gasteiger charge is -2.27. The zero-order valence-corrected chi connectivity index (χ0v) is 22.0. The second kappa shape index (κ2) is 11.5. The van der Waals surface area contributed by atoms with Crippen molar-refractivity contribution >= 4 is 35.3 Å². The monoisotopic (exact) mass is 500 g/mol. The first-order valence-electron chi connectivity index (χ1n) is 12.3. The molecule has 0 aromatic heterocycles. The smallest absolute Gasteiger partial charge is 0.264 e. The molecule has 3 aromatic rings. The summed E-state index contributed by atoms with van der Waals surface area (Å²) in [6, 6.07) is 21.2. The molecule has 36 heavy (non-hydrogen) atoms. The minimum absolute atomic E-state index is 0.0806. The molecular formula is C30H32N2O3S. The van der Waals surface area contributed by atoms with E-state index in [4.69, 9.17) is 4.74 Å². The number of nitrogens with one attached hydrogen (secondary N) is 1. The number of hydrogen-bond donors (Lipinski definition) is 1. The molecule has 0 unspecified atom stereocenters. The third-order valence-electron chi connectivity index (χ3n) is 6.29. The molecule has 1 N–H and O–H groups in total. The van der Waals surface area contributed by atoms with E-state index in [0.717, 1.165) is 45.9 Å². The number of amides is 2. The number of fused-ring (bicyclic) bond motifs is 1. The maximum atomic E-state index is 13.1. The molecule has 4 rings (SSSR count). The highest BCUT2D eigenvalue weighted by molar-refractivity contribution is 8.04. The molecule has 0 radical (unpaired) electrons. The van der Waals surface area contributed by atoms with Crippen LogP contribution < -0.4 is 15.0 Å². The highest BCUT2D eigenvalue weighted by Gasteiger charge is 2.27. The molecule has 1 aliphatic heterocycles. The van der Waals surface area contributed by atoms with Gasteiger partial charge in [0.15, 0.2) is 0 Å². The molecule has 6 heteroatoms. The fraction of sp³-hybridized carbons (Fsp3) is 0.267. The van der Waals surface area contributed by atoms with Gasteiger partial charge in [0.1, 0.15) is 5.75 Å². The molecule has 2 amide bonds. The summed E-state index contributed by atoms with van der Waals surface area (Å²) in [6.45, 7) is 6.83. The molecule has 0 bridgehead atoms. The molecule has 1 aliphatic rings.